The van der Waals surface area contributed by atoms with Gasteiger partial charge in [-0.15, -0.1) is 0 Å². The Morgan fingerprint density at radius 1 is 1.23 bits per heavy atom. The Balaban J connectivity index is 1.21. The molecule has 8 heteroatoms. The van der Waals surface area contributed by atoms with E-state index in [1.807, 2.05) is 6.07 Å². The molecule has 1 saturated heterocycles. The first-order valence-corrected chi connectivity index (χ1v) is 10.7. The summed E-state index contributed by atoms with van der Waals surface area (Å²) in [6.45, 7) is 2.95. The molecule has 1 aromatic carbocycles. The summed E-state index contributed by atoms with van der Waals surface area (Å²) < 4.78 is 10.9. The quantitative estimate of drug-likeness (QED) is 0.762. The highest BCUT2D eigenvalue weighted by atomic mass is 16.5. The van der Waals surface area contributed by atoms with Crippen molar-refractivity contribution in [1.29, 1.82) is 0 Å². The molecule has 158 valence electrons. The third kappa shape index (κ3) is 3.44. The second-order valence-electron chi connectivity index (χ2n) is 8.73. The molecule has 3 heterocycles. The number of carbonyl (C=O) groups is 2. The maximum Gasteiger partial charge on any atom is 0.325 e. The predicted octanol–water partition coefficient (Wildman–Crippen LogP) is 2.79. The fourth-order valence-electron chi connectivity index (χ4n) is 4.66. The van der Waals surface area contributed by atoms with Crippen LogP contribution in [0.25, 0.3) is 0 Å². The molecule has 1 spiro atoms. The number of hydrogen-bond donors (Lipinski definition) is 1. The van der Waals surface area contributed by atoms with Gasteiger partial charge in [-0.1, -0.05) is 24.2 Å². The van der Waals surface area contributed by atoms with Crippen LogP contribution in [0.1, 0.15) is 55.4 Å². The lowest BCUT2D eigenvalue weighted by atomic mass is 9.77. The maximum absolute atomic E-state index is 13.0. The summed E-state index contributed by atoms with van der Waals surface area (Å²) in [5.74, 6) is 2.26. The van der Waals surface area contributed by atoms with Crippen LogP contribution in [-0.2, 0) is 30.6 Å². The maximum atomic E-state index is 13.0. The second kappa shape index (κ2) is 7.41. The lowest BCUT2D eigenvalue weighted by Crippen LogP contribution is -2.49. The molecule has 0 radical (unpaired) electrons. The molecule has 8 nitrogen and oxygen atoms in total. The summed E-state index contributed by atoms with van der Waals surface area (Å²) in [6.07, 6.45) is 5.63. The van der Waals surface area contributed by atoms with Gasteiger partial charge >= 0.3 is 6.03 Å². The normalized spacial score (nSPS) is 25.5. The Hall–Kier alpha value is -2.90. The first-order valence-electron chi connectivity index (χ1n) is 10.7. The van der Waals surface area contributed by atoms with Crippen LogP contribution in [0.4, 0.5) is 4.79 Å². The van der Waals surface area contributed by atoms with Crippen LogP contribution in [0.3, 0.4) is 0 Å². The number of aryl methyl sites for hydroxylation is 2. The molecule has 0 unspecified atom stereocenters. The monoisotopic (exact) mass is 410 g/mol. The van der Waals surface area contributed by atoms with E-state index in [9.17, 15) is 9.59 Å². The van der Waals surface area contributed by atoms with Crippen molar-refractivity contribution < 1.29 is 18.8 Å². The summed E-state index contributed by atoms with van der Waals surface area (Å²) >= 11 is 0. The molecule has 3 aliphatic rings. The molecule has 0 bridgehead atoms. The Bertz CT molecular complexity index is 977. The van der Waals surface area contributed by atoms with Crippen molar-refractivity contribution in [1.82, 2.24) is 20.4 Å². The van der Waals surface area contributed by atoms with Crippen molar-refractivity contribution >= 4 is 11.9 Å². The topological polar surface area (TPSA) is 97.6 Å². The number of aromatic nitrogens is 2. The van der Waals surface area contributed by atoms with Crippen molar-refractivity contribution in [3.63, 3.8) is 0 Å². The van der Waals surface area contributed by atoms with E-state index in [2.05, 4.69) is 34.5 Å². The van der Waals surface area contributed by atoms with E-state index in [4.69, 9.17) is 9.26 Å². The van der Waals surface area contributed by atoms with Crippen LogP contribution in [0.15, 0.2) is 22.7 Å². The number of carbonyl (C=O) groups excluding carboxylic acids is 2. The molecule has 3 amide bonds. The lowest BCUT2D eigenvalue weighted by molar-refractivity contribution is -0.133. The van der Waals surface area contributed by atoms with E-state index in [-0.39, 0.29) is 24.4 Å². The molecular weight excluding hydrogens is 384 g/mol. The van der Waals surface area contributed by atoms with E-state index in [1.165, 1.54) is 16.0 Å². The fraction of sp³-hybridized carbons (Fsp3) is 0.545. The molecule has 2 aliphatic heterocycles. The molecule has 5 rings (SSSR count). The molecule has 2 aromatic rings. The average Bonchev–Trinajstić information content (AvgIpc) is 3.44. The van der Waals surface area contributed by atoms with Gasteiger partial charge in [0.05, 0.1) is 6.61 Å². The highest BCUT2D eigenvalue weighted by Crippen LogP contribution is 2.36. The van der Waals surface area contributed by atoms with Gasteiger partial charge in [0.25, 0.3) is 5.91 Å². The average molecular weight is 410 g/mol. The smallest absolute Gasteiger partial charge is 0.325 e. The molecule has 30 heavy (non-hydrogen) atoms. The van der Waals surface area contributed by atoms with Crippen LogP contribution < -0.4 is 10.1 Å². The number of rotatable bonds is 5. The number of ether oxygens (including phenoxy) is 1. The van der Waals surface area contributed by atoms with Crippen molar-refractivity contribution in [3.05, 3.63) is 41.0 Å². The Labute approximate surface area is 175 Å². The van der Waals surface area contributed by atoms with E-state index >= 15 is 0 Å². The lowest BCUT2D eigenvalue weighted by Gasteiger charge is -2.33. The minimum Gasteiger partial charge on any atom is -0.493 e. The first kappa shape index (κ1) is 19.1. The number of benzene rings is 1. The van der Waals surface area contributed by atoms with Gasteiger partial charge in [-0.3, -0.25) is 9.69 Å². The van der Waals surface area contributed by atoms with E-state index in [0.29, 0.717) is 31.0 Å². The Morgan fingerprint density at radius 3 is 2.90 bits per heavy atom. The molecule has 1 saturated carbocycles. The summed E-state index contributed by atoms with van der Waals surface area (Å²) in [5.41, 5.74) is 1.70. The van der Waals surface area contributed by atoms with E-state index in [1.54, 1.807) is 0 Å². The van der Waals surface area contributed by atoms with Gasteiger partial charge in [0, 0.05) is 12.8 Å². The third-order valence-electron chi connectivity index (χ3n) is 6.57. The Morgan fingerprint density at radius 2 is 2.07 bits per heavy atom. The highest BCUT2D eigenvalue weighted by Gasteiger charge is 2.52. The SMILES string of the molecule is CC1CCC2(CC1)NC(=O)N(Cc1nc(CCc3ccc4c(c3)CCO4)no1)C2=O. The van der Waals surface area contributed by atoms with Gasteiger partial charge in [-0.2, -0.15) is 4.98 Å². The van der Waals surface area contributed by atoms with E-state index < -0.39 is 5.54 Å². The number of urea groups is 1. The van der Waals surface area contributed by atoms with Gasteiger partial charge < -0.3 is 14.6 Å². The summed E-state index contributed by atoms with van der Waals surface area (Å²) in [4.78, 5) is 31.0. The number of amides is 3. The third-order valence-corrected chi connectivity index (χ3v) is 6.57. The van der Waals surface area contributed by atoms with Crippen LogP contribution in [-0.4, -0.2) is 39.1 Å². The summed E-state index contributed by atoms with van der Waals surface area (Å²) in [5, 5.41) is 6.95. The number of fused-ring (bicyclic) bond motifs is 1. The molecule has 1 N–H and O–H groups in total. The largest absolute Gasteiger partial charge is 0.493 e. The van der Waals surface area contributed by atoms with Crippen LogP contribution in [0.2, 0.25) is 0 Å². The molecular formula is C22H26N4O4. The predicted molar refractivity (Wildman–Crippen MR) is 107 cm³/mol. The molecule has 0 atom stereocenters. The standard InChI is InChI=1S/C22H26N4O4/c1-14-6-9-22(10-7-14)20(27)26(21(28)24-22)13-19-23-18(25-30-19)5-3-15-2-4-17-16(12-15)8-11-29-17/h2,4,12,14H,3,5-11,13H2,1H3,(H,24,28). The summed E-state index contributed by atoms with van der Waals surface area (Å²) in [7, 11) is 0. The minimum absolute atomic E-state index is 0.0190. The minimum atomic E-state index is -0.746. The molecule has 2 fully saturated rings. The number of nitrogens with one attached hydrogen (secondary N) is 1. The zero-order valence-electron chi connectivity index (χ0n) is 17.1. The number of hydrogen-bond acceptors (Lipinski definition) is 6. The fourth-order valence-corrected chi connectivity index (χ4v) is 4.66. The summed E-state index contributed by atoms with van der Waals surface area (Å²) in [6, 6.07) is 5.87. The van der Waals surface area contributed by atoms with Crippen LogP contribution in [0, 0.1) is 5.92 Å². The number of imide groups is 1. The zero-order valence-corrected chi connectivity index (χ0v) is 17.1. The van der Waals surface area contributed by atoms with Crippen LogP contribution in [0.5, 0.6) is 5.75 Å². The van der Waals surface area contributed by atoms with Crippen molar-refractivity contribution in [2.24, 2.45) is 5.92 Å². The Kier molecular flexibility index (Phi) is 4.72. The first-order chi connectivity index (χ1) is 14.5. The van der Waals surface area contributed by atoms with Crippen molar-refractivity contribution in [2.45, 2.75) is 64.0 Å². The van der Waals surface area contributed by atoms with Gasteiger partial charge in [0.2, 0.25) is 5.89 Å². The number of nitrogens with zero attached hydrogens (tertiary/aromatic N) is 3. The van der Waals surface area contributed by atoms with Crippen LogP contribution >= 0.6 is 0 Å². The highest BCUT2D eigenvalue weighted by molar-refractivity contribution is 6.06. The van der Waals surface area contributed by atoms with E-state index in [0.717, 1.165) is 38.0 Å². The molecule has 1 aliphatic carbocycles. The van der Waals surface area contributed by atoms with Crippen molar-refractivity contribution in [2.75, 3.05) is 6.61 Å². The zero-order chi connectivity index (χ0) is 20.7. The van der Waals surface area contributed by atoms with Crippen molar-refractivity contribution in [3.8, 4) is 5.75 Å². The van der Waals surface area contributed by atoms with Gasteiger partial charge in [0.15, 0.2) is 5.82 Å². The molecule has 1 aromatic heterocycles. The van der Waals surface area contributed by atoms with Gasteiger partial charge in [-0.05, 0) is 55.2 Å². The van der Waals surface area contributed by atoms with Gasteiger partial charge in [0.1, 0.15) is 17.8 Å². The van der Waals surface area contributed by atoms with Gasteiger partial charge in [-0.25, -0.2) is 4.79 Å². The second-order valence-corrected chi connectivity index (χ2v) is 8.73.